The predicted molar refractivity (Wildman–Crippen MR) is 38.7 cm³/mol. The summed E-state index contributed by atoms with van der Waals surface area (Å²) in [5.74, 6) is -0.341. The van der Waals surface area contributed by atoms with Crippen LogP contribution in [0.3, 0.4) is 0 Å². The molecule has 0 aliphatic heterocycles. The van der Waals surface area contributed by atoms with Crippen LogP contribution in [0.15, 0.2) is 0 Å². The highest BCUT2D eigenvalue weighted by Gasteiger charge is 2.06. The first kappa shape index (κ1) is 10.1. The van der Waals surface area contributed by atoms with Crippen LogP contribution in [0.1, 0.15) is 12.8 Å². The molecule has 0 aliphatic carbocycles. The summed E-state index contributed by atoms with van der Waals surface area (Å²) in [5, 5.41) is 15.1. The van der Waals surface area contributed by atoms with Crippen LogP contribution >= 0.6 is 0 Å². The Kier molecular flexibility index (Phi) is 5.32. The van der Waals surface area contributed by atoms with Crippen molar-refractivity contribution in [1.29, 1.82) is 5.41 Å². The molecule has 0 rings (SSSR count). The maximum absolute atomic E-state index is 10.5. The van der Waals surface area contributed by atoms with Gasteiger partial charge in [-0.25, -0.2) is 0 Å². The zero-order valence-corrected chi connectivity index (χ0v) is 6.33. The molecule has 5 nitrogen and oxygen atoms in total. The van der Waals surface area contributed by atoms with Gasteiger partial charge in [0.1, 0.15) is 0 Å². The normalized spacial score (nSPS) is 12.2. The van der Waals surface area contributed by atoms with Gasteiger partial charge in [0.15, 0.2) is 0 Å². The van der Waals surface area contributed by atoms with Crippen LogP contribution in [0.2, 0.25) is 0 Å². The van der Waals surface area contributed by atoms with Gasteiger partial charge in [0.25, 0.3) is 0 Å². The summed E-state index contributed by atoms with van der Waals surface area (Å²) in [7, 11) is 1.30. The van der Waals surface area contributed by atoms with Crippen LogP contribution in [0, 0.1) is 5.41 Å². The Morgan fingerprint density at radius 2 is 2.55 bits per heavy atom. The number of hydrogen-bond acceptors (Lipinski definition) is 5. The van der Waals surface area contributed by atoms with Crippen molar-refractivity contribution in [2.24, 2.45) is 0 Å². The Balaban J connectivity index is 3.50. The van der Waals surface area contributed by atoms with Crippen LogP contribution in [0.25, 0.3) is 0 Å². The molecular formula is C6H12N2O3. The molecule has 3 N–H and O–H groups in total. The van der Waals surface area contributed by atoms with E-state index in [4.69, 9.17) is 10.6 Å². The number of hydroxylamine groups is 1. The standard InChI is InChI=1S/C6H12N2O3/c1-11-6(9)3-2-5(4-7)8-10/h4-5,7-8,10H,2-3H2,1H3. The molecule has 0 spiro atoms. The van der Waals surface area contributed by atoms with Gasteiger partial charge in [0, 0.05) is 12.6 Å². The second-order valence-electron chi connectivity index (χ2n) is 2.02. The molecule has 1 atom stereocenters. The van der Waals surface area contributed by atoms with Crippen LogP contribution in [0.5, 0.6) is 0 Å². The monoisotopic (exact) mass is 160 g/mol. The Bertz CT molecular complexity index is 138. The predicted octanol–water partition coefficient (Wildman–Crippen LogP) is -0.0634. The Labute approximate surface area is 64.8 Å². The van der Waals surface area contributed by atoms with Crippen molar-refractivity contribution in [2.45, 2.75) is 18.9 Å². The lowest BCUT2D eigenvalue weighted by molar-refractivity contribution is -0.140. The SMILES string of the molecule is COC(=O)CCC(C=N)NO. The summed E-state index contributed by atoms with van der Waals surface area (Å²) >= 11 is 0. The largest absolute Gasteiger partial charge is 0.469 e. The molecule has 0 fully saturated rings. The average molecular weight is 160 g/mol. The van der Waals surface area contributed by atoms with Crippen molar-refractivity contribution in [1.82, 2.24) is 5.48 Å². The number of esters is 1. The maximum Gasteiger partial charge on any atom is 0.305 e. The molecule has 0 radical (unpaired) electrons. The molecule has 0 saturated carbocycles. The van der Waals surface area contributed by atoms with Gasteiger partial charge in [-0.1, -0.05) is 0 Å². The minimum atomic E-state index is -0.464. The Morgan fingerprint density at radius 3 is 2.91 bits per heavy atom. The molecule has 5 heteroatoms. The fraction of sp³-hybridized carbons (Fsp3) is 0.667. The van der Waals surface area contributed by atoms with Gasteiger partial charge in [0.05, 0.1) is 13.2 Å². The third kappa shape index (κ3) is 4.46. The lowest BCUT2D eigenvalue weighted by Crippen LogP contribution is -2.27. The molecule has 0 aromatic heterocycles. The highest BCUT2D eigenvalue weighted by Crippen LogP contribution is 1.95. The fourth-order valence-electron chi connectivity index (χ4n) is 0.561. The van der Waals surface area contributed by atoms with Gasteiger partial charge < -0.3 is 15.4 Å². The van der Waals surface area contributed by atoms with Crippen molar-refractivity contribution in [2.75, 3.05) is 7.11 Å². The van der Waals surface area contributed by atoms with E-state index in [0.717, 1.165) is 6.21 Å². The zero-order valence-electron chi connectivity index (χ0n) is 6.33. The maximum atomic E-state index is 10.5. The van der Waals surface area contributed by atoms with Gasteiger partial charge in [-0.15, -0.1) is 0 Å². The third-order valence-corrected chi connectivity index (χ3v) is 1.25. The van der Waals surface area contributed by atoms with E-state index >= 15 is 0 Å². The number of rotatable bonds is 5. The van der Waals surface area contributed by atoms with Crippen molar-refractivity contribution >= 4 is 12.2 Å². The topological polar surface area (TPSA) is 82.4 Å². The molecule has 0 saturated heterocycles. The molecule has 0 heterocycles. The van der Waals surface area contributed by atoms with Crippen LogP contribution in [-0.4, -0.2) is 30.5 Å². The Hall–Kier alpha value is -0.940. The van der Waals surface area contributed by atoms with E-state index in [0.29, 0.717) is 6.42 Å². The minimum absolute atomic E-state index is 0.199. The second kappa shape index (κ2) is 5.82. The van der Waals surface area contributed by atoms with Gasteiger partial charge in [-0.3, -0.25) is 4.79 Å². The summed E-state index contributed by atoms with van der Waals surface area (Å²) in [4.78, 5) is 10.5. The first-order valence-corrected chi connectivity index (χ1v) is 3.21. The summed E-state index contributed by atoms with van der Waals surface area (Å²) in [6.45, 7) is 0. The van der Waals surface area contributed by atoms with E-state index in [2.05, 4.69) is 4.74 Å². The zero-order chi connectivity index (χ0) is 8.69. The molecule has 0 aromatic rings. The molecule has 0 bridgehead atoms. The van der Waals surface area contributed by atoms with E-state index in [1.807, 2.05) is 5.48 Å². The smallest absolute Gasteiger partial charge is 0.305 e. The summed E-state index contributed by atoms with van der Waals surface area (Å²) in [6, 6.07) is -0.464. The molecule has 64 valence electrons. The first-order valence-electron chi connectivity index (χ1n) is 3.21. The number of methoxy groups -OCH3 is 1. The third-order valence-electron chi connectivity index (χ3n) is 1.25. The van der Waals surface area contributed by atoms with E-state index < -0.39 is 6.04 Å². The second-order valence-corrected chi connectivity index (χ2v) is 2.02. The van der Waals surface area contributed by atoms with Crippen molar-refractivity contribution in [3.8, 4) is 0 Å². The van der Waals surface area contributed by atoms with Crippen molar-refractivity contribution in [3.05, 3.63) is 0 Å². The van der Waals surface area contributed by atoms with Crippen LogP contribution in [-0.2, 0) is 9.53 Å². The van der Waals surface area contributed by atoms with E-state index in [1.165, 1.54) is 7.11 Å². The van der Waals surface area contributed by atoms with E-state index in [-0.39, 0.29) is 12.4 Å². The minimum Gasteiger partial charge on any atom is -0.469 e. The van der Waals surface area contributed by atoms with Gasteiger partial charge in [0.2, 0.25) is 0 Å². The number of hydrogen-bond donors (Lipinski definition) is 3. The molecule has 11 heavy (non-hydrogen) atoms. The summed E-state index contributed by atoms with van der Waals surface area (Å²) in [6.07, 6.45) is 1.60. The highest BCUT2D eigenvalue weighted by atomic mass is 16.5. The van der Waals surface area contributed by atoms with Crippen LogP contribution < -0.4 is 5.48 Å². The quantitative estimate of drug-likeness (QED) is 0.299. The number of nitrogens with one attached hydrogen (secondary N) is 2. The van der Waals surface area contributed by atoms with Gasteiger partial charge in [-0.2, -0.15) is 5.48 Å². The molecular weight excluding hydrogens is 148 g/mol. The van der Waals surface area contributed by atoms with Crippen molar-refractivity contribution in [3.63, 3.8) is 0 Å². The lowest BCUT2D eigenvalue weighted by Gasteiger charge is -2.06. The molecule has 0 aliphatic rings. The first-order chi connectivity index (χ1) is 5.24. The Morgan fingerprint density at radius 1 is 1.91 bits per heavy atom. The highest BCUT2D eigenvalue weighted by molar-refractivity contribution is 5.70. The number of carbonyl (C=O) groups is 1. The van der Waals surface area contributed by atoms with Gasteiger partial charge >= 0.3 is 5.97 Å². The molecule has 1 unspecified atom stereocenters. The fourth-order valence-corrected chi connectivity index (χ4v) is 0.561. The van der Waals surface area contributed by atoms with E-state index in [1.54, 1.807) is 0 Å². The van der Waals surface area contributed by atoms with Crippen LogP contribution in [0.4, 0.5) is 0 Å². The summed E-state index contributed by atoms with van der Waals surface area (Å²) < 4.78 is 4.37. The average Bonchev–Trinajstić information content (AvgIpc) is 2.06. The lowest BCUT2D eigenvalue weighted by atomic mass is 10.2. The molecule has 0 aromatic carbocycles. The van der Waals surface area contributed by atoms with Crippen molar-refractivity contribution < 1.29 is 14.7 Å². The number of carbonyl (C=O) groups excluding carboxylic acids is 1. The number of ether oxygens (including phenoxy) is 1. The molecule has 0 amide bonds. The summed E-state index contributed by atoms with van der Waals surface area (Å²) in [5.41, 5.74) is 1.88. The van der Waals surface area contributed by atoms with Gasteiger partial charge in [-0.05, 0) is 6.42 Å². The van der Waals surface area contributed by atoms with E-state index in [9.17, 15) is 4.79 Å².